The lowest BCUT2D eigenvalue weighted by molar-refractivity contribution is 0.155. The Hall–Kier alpha value is -0.0800. The summed E-state index contributed by atoms with van der Waals surface area (Å²) in [6.07, 6.45) is 4.21. The highest BCUT2D eigenvalue weighted by Gasteiger charge is 2.44. The van der Waals surface area contributed by atoms with Crippen LogP contribution in [0.5, 0.6) is 0 Å². The minimum absolute atomic E-state index is 0.447. The van der Waals surface area contributed by atoms with Gasteiger partial charge in [-0.05, 0) is 38.3 Å². The number of likely N-dealkylation sites (N-methyl/N-ethyl adjacent to an activating group) is 1. The van der Waals surface area contributed by atoms with Crippen molar-refractivity contribution in [2.24, 2.45) is 5.41 Å². The molecule has 1 spiro atoms. The molecule has 2 heterocycles. The quantitative estimate of drug-likeness (QED) is 0.655. The van der Waals surface area contributed by atoms with Gasteiger partial charge < -0.3 is 4.90 Å². The Morgan fingerprint density at radius 2 is 1.87 bits per heavy atom. The monoisotopic (exact) mass is 210 g/mol. The lowest BCUT2D eigenvalue weighted by Gasteiger charge is -2.33. The Bertz CT molecular complexity index is 231. The molecule has 88 valence electrons. The molecule has 0 radical (unpaired) electrons. The molecule has 15 heavy (non-hydrogen) atoms. The van der Waals surface area contributed by atoms with Crippen molar-refractivity contribution in [3.05, 3.63) is 0 Å². The van der Waals surface area contributed by atoms with Gasteiger partial charge in [-0.3, -0.25) is 4.90 Å². The minimum atomic E-state index is 0.447. The summed E-state index contributed by atoms with van der Waals surface area (Å²) < 4.78 is 0. The van der Waals surface area contributed by atoms with Crippen LogP contribution < -0.4 is 0 Å². The highest BCUT2D eigenvalue weighted by Crippen LogP contribution is 2.37. The summed E-state index contributed by atoms with van der Waals surface area (Å²) in [4.78, 5) is 5.28. The Labute approximate surface area is 94.6 Å². The van der Waals surface area contributed by atoms with Crippen molar-refractivity contribution < 1.29 is 0 Å². The molecule has 0 N–H and O–H groups in total. The van der Waals surface area contributed by atoms with Crippen LogP contribution in [-0.2, 0) is 0 Å². The van der Waals surface area contributed by atoms with Gasteiger partial charge in [-0.25, -0.2) is 0 Å². The molecule has 0 aromatic heterocycles. The summed E-state index contributed by atoms with van der Waals surface area (Å²) >= 11 is 0. The molecule has 0 aliphatic carbocycles. The first-order chi connectivity index (χ1) is 6.91. The third-order valence-electron chi connectivity index (χ3n) is 4.05. The van der Waals surface area contributed by atoms with E-state index in [9.17, 15) is 0 Å². The van der Waals surface area contributed by atoms with Crippen LogP contribution in [0.4, 0.5) is 0 Å². The van der Waals surface area contributed by atoms with Crippen molar-refractivity contribution in [1.29, 1.82) is 0 Å². The Morgan fingerprint density at radius 3 is 2.40 bits per heavy atom. The van der Waals surface area contributed by atoms with E-state index in [4.69, 9.17) is 0 Å². The fourth-order valence-corrected chi connectivity index (χ4v) is 3.34. The molecule has 0 bridgehead atoms. The third kappa shape index (κ3) is 2.36. The first-order valence-corrected chi connectivity index (χ1v) is 6.35. The lowest BCUT2D eigenvalue weighted by Crippen LogP contribution is -2.44. The van der Waals surface area contributed by atoms with Crippen molar-refractivity contribution in [2.75, 3.05) is 33.2 Å². The van der Waals surface area contributed by atoms with Crippen LogP contribution in [-0.4, -0.2) is 48.6 Å². The van der Waals surface area contributed by atoms with Crippen LogP contribution in [0.25, 0.3) is 0 Å². The van der Waals surface area contributed by atoms with Crippen LogP contribution in [0, 0.1) is 5.41 Å². The molecule has 0 aromatic rings. The summed E-state index contributed by atoms with van der Waals surface area (Å²) in [5.74, 6) is 0. The van der Waals surface area contributed by atoms with E-state index in [1.165, 1.54) is 45.4 Å². The first kappa shape index (κ1) is 11.4. The summed E-state index contributed by atoms with van der Waals surface area (Å²) in [5.41, 5.74) is 0.994. The van der Waals surface area contributed by atoms with E-state index in [1.54, 1.807) is 0 Å². The smallest absolute Gasteiger partial charge is 0.0346 e. The van der Waals surface area contributed by atoms with Gasteiger partial charge >= 0.3 is 0 Å². The molecular formula is C13H26N2. The largest absolute Gasteiger partial charge is 0.301 e. The number of rotatable bonds is 1. The first-order valence-electron chi connectivity index (χ1n) is 6.35. The van der Waals surface area contributed by atoms with Gasteiger partial charge in [0.05, 0.1) is 0 Å². The molecule has 0 amide bonds. The normalized spacial score (nSPS) is 34.4. The van der Waals surface area contributed by atoms with Crippen LogP contribution in [0.15, 0.2) is 0 Å². The fourth-order valence-electron chi connectivity index (χ4n) is 3.34. The maximum Gasteiger partial charge on any atom is 0.0346 e. The number of hydrogen-bond acceptors (Lipinski definition) is 2. The van der Waals surface area contributed by atoms with Gasteiger partial charge in [-0.15, -0.1) is 0 Å². The molecule has 2 aliphatic rings. The maximum absolute atomic E-state index is 2.67. The van der Waals surface area contributed by atoms with Gasteiger partial charge in [-0.2, -0.15) is 0 Å². The minimum Gasteiger partial charge on any atom is -0.301 e. The van der Waals surface area contributed by atoms with Gasteiger partial charge in [0.2, 0.25) is 0 Å². The summed E-state index contributed by atoms with van der Waals surface area (Å²) in [7, 11) is 2.31. The van der Waals surface area contributed by atoms with Crippen molar-refractivity contribution >= 4 is 0 Å². The van der Waals surface area contributed by atoms with E-state index in [0.717, 1.165) is 0 Å². The zero-order valence-electron chi connectivity index (χ0n) is 10.8. The maximum atomic E-state index is 2.67. The molecule has 1 unspecified atom stereocenters. The second-order valence-electron chi connectivity index (χ2n) is 6.77. The predicted octanol–water partition coefficient (Wildman–Crippen LogP) is 2.20. The number of hydrogen-bond donors (Lipinski definition) is 0. The third-order valence-corrected chi connectivity index (χ3v) is 4.05. The molecule has 2 rings (SSSR count). The van der Waals surface area contributed by atoms with E-state index < -0.39 is 0 Å². The van der Waals surface area contributed by atoms with Gasteiger partial charge in [0.15, 0.2) is 0 Å². The molecular weight excluding hydrogens is 184 g/mol. The Morgan fingerprint density at radius 1 is 1.13 bits per heavy atom. The second-order valence-corrected chi connectivity index (χ2v) is 6.77. The standard InChI is InChI=1S/C13H26N2/c1-12(2,3)10-15-9-7-13(11-15)6-5-8-14(13)4/h5-11H2,1-4H3. The zero-order valence-corrected chi connectivity index (χ0v) is 10.8. The number of nitrogens with zero attached hydrogens (tertiary/aromatic N) is 2. The van der Waals surface area contributed by atoms with Crippen LogP contribution in [0.3, 0.4) is 0 Å². The number of likely N-dealkylation sites (tertiary alicyclic amines) is 2. The van der Waals surface area contributed by atoms with Gasteiger partial charge in [0.25, 0.3) is 0 Å². The summed E-state index contributed by atoms with van der Waals surface area (Å²) in [5, 5.41) is 0. The average Bonchev–Trinajstić information content (AvgIpc) is 2.60. The van der Waals surface area contributed by atoms with Crippen molar-refractivity contribution in [1.82, 2.24) is 9.80 Å². The molecule has 2 aliphatic heterocycles. The van der Waals surface area contributed by atoms with E-state index in [-0.39, 0.29) is 0 Å². The van der Waals surface area contributed by atoms with E-state index >= 15 is 0 Å². The average molecular weight is 210 g/mol. The second kappa shape index (κ2) is 3.74. The van der Waals surface area contributed by atoms with Crippen molar-refractivity contribution in [3.8, 4) is 0 Å². The zero-order chi connectivity index (χ0) is 11.1. The highest BCUT2D eigenvalue weighted by molar-refractivity contribution is 5.01. The van der Waals surface area contributed by atoms with Gasteiger partial charge in [0.1, 0.15) is 0 Å². The van der Waals surface area contributed by atoms with Crippen LogP contribution in [0.2, 0.25) is 0 Å². The van der Waals surface area contributed by atoms with E-state index in [1.807, 2.05) is 0 Å². The predicted molar refractivity (Wildman–Crippen MR) is 65.1 cm³/mol. The molecule has 0 saturated carbocycles. The van der Waals surface area contributed by atoms with Crippen molar-refractivity contribution in [3.63, 3.8) is 0 Å². The molecule has 2 nitrogen and oxygen atoms in total. The van der Waals surface area contributed by atoms with Crippen molar-refractivity contribution in [2.45, 2.75) is 45.6 Å². The Balaban J connectivity index is 1.94. The SMILES string of the molecule is CN1CCCC12CCN(CC(C)(C)C)C2. The molecule has 1 atom stereocenters. The molecule has 2 fully saturated rings. The van der Waals surface area contributed by atoms with Gasteiger partial charge in [0, 0.05) is 25.2 Å². The van der Waals surface area contributed by atoms with Crippen LogP contribution in [0.1, 0.15) is 40.0 Å². The Kier molecular flexibility index (Phi) is 2.85. The topological polar surface area (TPSA) is 6.48 Å². The summed E-state index contributed by atoms with van der Waals surface area (Å²) in [6.45, 7) is 12.2. The summed E-state index contributed by atoms with van der Waals surface area (Å²) in [6, 6.07) is 0. The van der Waals surface area contributed by atoms with E-state index in [0.29, 0.717) is 11.0 Å². The van der Waals surface area contributed by atoms with Gasteiger partial charge in [-0.1, -0.05) is 20.8 Å². The molecule has 0 aromatic carbocycles. The fraction of sp³-hybridized carbons (Fsp3) is 1.00. The molecule has 2 heteroatoms. The highest BCUT2D eigenvalue weighted by atomic mass is 15.3. The van der Waals surface area contributed by atoms with E-state index in [2.05, 4.69) is 37.6 Å². The molecule has 2 saturated heterocycles. The van der Waals surface area contributed by atoms with Crippen LogP contribution >= 0.6 is 0 Å². The lowest BCUT2D eigenvalue weighted by atomic mass is 9.94.